The Labute approximate surface area is 250 Å². The van der Waals surface area contributed by atoms with Crippen LogP contribution in [0.1, 0.15) is 32.9 Å². The number of aromatic nitrogens is 2. The van der Waals surface area contributed by atoms with Gasteiger partial charge in [0.2, 0.25) is 0 Å². The standard InChI is InChI=1S/C25H26F3N5O3.C5H14NO/c1-32(2)22-19(14-21(34)35)23(33(3)4)31-20(30-22)13-15-5-11-18(12-6-15)29-24(36)16-7-9-17(10-8-16)25(26,27)28;1-6(2,3)4-5-7/h5-12H,13-14H2,1-4H3,(H,29,36)(H,34,35);7H,4-5H2,1-3H3/q;+1/p-1. The van der Waals surface area contributed by atoms with E-state index in [2.05, 4.69) is 36.4 Å². The molecule has 0 aliphatic carbocycles. The number of hydrogen-bond donors (Lipinski definition) is 2. The minimum absolute atomic E-state index is 0.101. The number of rotatable bonds is 10. The molecule has 0 unspecified atom stereocenters. The van der Waals surface area contributed by atoms with Crippen molar-refractivity contribution in [2.24, 2.45) is 0 Å². The number of quaternary nitrogens is 1. The second-order valence-corrected chi connectivity index (χ2v) is 11.2. The van der Waals surface area contributed by atoms with Crippen LogP contribution in [0.4, 0.5) is 30.5 Å². The number of carboxylic acids is 1. The summed E-state index contributed by atoms with van der Waals surface area (Å²) in [5.41, 5.74) is 1.04. The van der Waals surface area contributed by atoms with Crippen molar-refractivity contribution in [1.29, 1.82) is 0 Å². The lowest BCUT2D eigenvalue weighted by Crippen LogP contribution is -2.36. The molecule has 3 aromatic rings. The Hall–Kier alpha value is -4.23. The van der Waals surface area contributed by atoms with Crippen molar-refractivity contribution in [1.82, 2.24) is 9.97 Å². The number of carbonyl (C=O) groups is 2. The molecule has 13 heteroatoms. The lowest BCUT2D eigenvalue weighted by atomic mass is 10.1. The fourth-order valence-corrected chi connectivity index (χ4v) is 3.83. The quantitative estimate of drug-likeness (QED) is 0.339. The molecule has 0 spiro atoms. The number of carboxylic acid groups (broad SMARTS) is 1. The fourth-order valence-electron chi connectivity index (χ4n) is 3.83. The number of aliphatic carboxylic acids is 1. The van der Waals surface area contributed by atoms with Gasteiger partial charge in [0.15, 0.2) is 0 Å². The van der Waals surface area contributed by atoms with Crippen molar-refractivity contribution in [3.8, 4) is 0 Å². The maximum Gasteiger partial charge on any atom is 0.416 e. The van der Waals surface area contributed by atoms with Gasteiger partial charge in [-0.2, -0.15) is 13.2 Å². The van der Waals surface area contributed by atoms with Crippen molar-refractivity contribution in [3.05, 3.63) is 76.6 Å². The number of benzene rings is 2. The molecule has 2 aromatic carbocycles. The van der Waals surface area contributed by atoms with Crippen LogP contribution in [0.2, 0.25) is 0 Å². The van der Waals surface area contributed by atoms with E-state index in [1.54, 1.807) is 62.3 Å². The van der Waals surface area contributed by atoms with E-state index in [9.17, 15) is 27.9 Å². The molecule has 0 aliphatic rings. The third-order valence-corrected chi connectivity index (χ3v) is 6.00. The van der Waals surface area contributed by atoms with E-state index in [1.807, 2.05) is 0 Å². The average molecular weight is 605 g/mol. The van der Waals surface area contributed by atoms with Crippen LogP contribution in [-0.2, 0) is 23.8 Å². The largest absolute Gasteiger partial charge is 0.550 e. The summed E-state index contributed by atoms with van der Waals surface area (Å²) in [4.78, 5) is 36.2. The zero-order valence-electron chi connectivity index (χ0n) is 25.5. The van der Waals surface area contributed by atoms with Gasteiger partial charge in [0.05, 0.1) is 33.3 Å². The number of nitrogens with zero attached hydrogens (tertiary/aromatic N) is 5. The summed E-state index contributed by atoms with van der Waals surface area (Å²) in [6, 6.07) is 10.8. The number of hydrogen-bond acceptors (Lipinski definition) is 8. The number of nitrogens with one attached hydrogen (secondary N) is 1. The van der Waals surface area contributed by atoms with Crippen LogP contribution in [0.3, 0.4) is 0 Å². The van der Waals surface area contributed by atoms with Crippen LogP contribution in [0, 0.1) is 0 Å². The molecule has 10 nitrogen and oxygen atoms in total. The Morgan fingerprint density at radius 2 is 1.42 bits per heavy atom. The van der Waals surface area contributed by atoms with Crippen LogP contribution in [-0.4, -0.2) is 93.9 Å². The maximum absolute atomic E-state index is 12.7. The summed E-state index contributed by atoms with van der Waals surface area (Å²) in [6.45, 7) is 1.11. The molecule has 234 valence electrons. The molecule has 0 aliphatic heterocycles. The van der Waals surface area contributed by atoms with E-state index in [0.717, 1.165) is 40.9 Å². The predicted octanol–water partition coefficient (Wildman–Crippen LogP) is 2.45. The highest BCUT2D eigenvalue weighted by Gasteiger charge is 2.30. The number of likely N-dealkylation sites (N-methyl/N-ethyl adjacent to an activating group) is 1. The molecular weight excluding hydrogens is 565 g/mol. The van der Waals surface area contributed by atoms with Gasteiger partial charge in [-0.25, -0.2) is 9.97 Å². The number of amides is 1. The second-order valence-electron chi connectivity index (χ2n) is 11.2. The van der Waals surface area contributed by atoms with Gasteiger partial charge in [-0.3, -0.25) is 4.79 Å². The topological polar surface area (TPSA) is 122 Å². The number of halogens is 3. The minimum Gasteiger partial charge on any atom is -0.550 e. The molecule has 0 bridgehead atoms. The molecule has 0 saturated carbocycles. The summed E-state index contributed by atoms with van der Waals surface area (Å²) < 4.78 is 39.0. The molecule has 1 aromatic heterocycles. The minimum atomic E-state index is -4.47. The van der Waals surface area contributed by atoms with Crippen LogP contribution in [0.5, 0.6) is 0 Å². The van der Waals surface area contributed by atoms with Crippen LogP contribution in [0.15, 0.2) is 48.5 Å². The van der Waals surface area contributed by atoms with Gasteiger partial charge in [0, 0.05) is 63.8 Å². The summed E-state index contributed by atoms with van der Waals surface area (Å²) in [5.74, 6) is -0.325. The first kappa shape index (κ1) is 35.0. The number of anilines is 3. The zero-order chi connectivity index (χ0) is 32.5. The number of alkyl halides is 3. The third-order valence-electron chi connectivity index (χ3n) is 6.00. The van der Waals surface area contributed by atoms with Gasteiger partial charge in [0.1, 0.15) is 24.0 Å². The van der Waals surface area contributed by atoms with E-state index < -0.39 is 23.6 Å². The van der Waals surface area contributed by atoms with Crippen molar-refractivity contribution in [3.63, 3.8) is 0 Å². The van der Waals surface area contributed by atoms with Crippen molar-refractivity contribution in [2.45, 2.75) is 19.0 Å². The average Bonchev–Trinajstić information content (AvgIpc) is 2.89. The number of aliphatic hydroxyl groups excluding tert-OH is 1. The first-order chi connectivity index (χ1) is 19.9. The maximum atomic E-state index is 12.7. The van der Waals surface area contributed by atoms with Gasteiger partial charge < -0.3 is 34.6 Å². The molecule has 2 N–H and O–H groups in total. The summed E-state index contributed by atoms with van der Waals surface area (Å²) in [7, 11) is 13.2. The van der Waals surface area contributed by atoms with Gasteiger partial charge in [0.25, 0.3) is 5.91 Å². The van der Waals surface area contributed by atoms with Crippen LogP contribution in [0.25, 0.3) is 0 Å². The van der Waals surface area contributed by atoms with Crippen molar-refractivity contribution in [2.75, 3.05) is 77.6 Å². The first-order valence-corrected chi connectivity index (χ1v) is 13.3. The predicted molar refractivity (Wildman–Crippen MR) is 158 cm³/mol. The van der Waals surface area contributed by atoms with Crippen molar-refractivity contribution < 1.29 is 37.5 Å². The molecule has 1 amide bonds. The Morgan fingerprint density at radius 1 is 0.907 bits per heavy atom. The normalized spacial score (nSPS) is 11.3. The van der Waals surface area contributed by atoms with Gasteiger partial charge in [-0.05, 0) is 42.0 Å². The van der Waals surface area contributed by atoms with Crippen molar-refractivity contribution >= 4 is 29.2 Å². The molecular formula is C30H39F3N6O4. The Kier molecular flexibility index (Phi) is 12.0. The molecule has 0 radical (unpaired) electrons. The molecule has 0 fully saturated rings. The Morgan fingerprint density at radius 3 is 1.79 bits per heavy atom. The van der Waals surface area contributed by atoms with E-state index in [-0.39, 0.29) is 18.6 Å². The van der Waals surface area contributed by atoms with Gasteiger partial charge >= 0.3 is 6.18 Å². The third kappa shape index (κ3) is 11.2. The Bertz CT molecular complexity index is 1340. The number of carbonyl (C=O) groups excluding carboxylic acids is 2. The zero-order valence-corrected chi connectivity index (χ0v) is 25.5. The van der Waals surface area contributed by atoms with Gasteiger partial charge in [-0.15, -0.1) is 0 Å². The lowest BCUT2D eigenvalue weighted by Gasteiger charge is -2.23. The highest BCUT2D eigenvalue weighted by Crippen LogP contribution is 2.29. The lowest BCUT2D eigenvalue weighted by molar-refractivity contribution is -0.870. The van der Waals surface area contributed by atoms with E-state index >= 15 is 0 Å². The molecule has 0 atom stereocenters. The van der Waals surface area contributed by atoms with Gasteiger partial charge in [-0.1, -0.05) is 12.1 Å². The van der Waals surface area contributed by atoms with Crippen LogP contribution >= 0.6 is 0 Å². The molecule has 1 heterocycles. The van der Waals surface area contributed by atoms with E-state index in [1.165, 1.54) is 0 Å². The highest BCUT2D eigenvalue weighted by atomic mass is 19.4. The van der Waals surface area contributed by atoms with E-state index in [4.69, 9.17) is 5.11 Å². The highest BCUT2D eigenvalue weighted by molar-refractivity contribution is 6.04. The number of aliphatic hydroxyl groups is 1. The first-order valence-electron chi connectivity index (χ1n) is 13.3. The van der Waals surface area contributed by atoms with Crippen LogP contribution < -0.4 is 20.2 Å². The summed E-state index contributed by atoms with van der Waals surface area (Å²) in [5, 5.41) is 22.3. The summed E-state index contributed by atoms with van der Waals surface area (Å²) in [6.07, 6.45) is -4.45. The fraction of sp³-hybridized carbons (Fsp3) is 0.400. The monoisotopic (exact) mass is 604 g/mol. The molecule has 3 rings (SSSR count). The second kappa shape index (κ2) is 14.8. The smallest absolute Gasteiger partial charge is 0.416 e. The SMILES string of the molecule is CN(C)c1nc(Cc2ccc(NC(=O)c3ccc(C(F)(F)F)cc3)cc2)nc(N(C)C)c1CC(=O)[O-].C[N+](C)(C)CCO. The summed E-state index contributed by atoms with van der Waals surface area (Å²) >= 11 is 0. The molecule has 0 saturated heterocycles. The van der Waals surface area contributed by atoms with E-state index in [0.29, 0.717) is 35.1 Å². The Balaban J connectivity index is 0.000000821. The molecule has 43 heavy (non-hydrogen) atoms.